The van der Waals surface area contributed by atoms with E-state index in [-0.39, 0.29) is 0 Å². The van der Waals surface area contributed by atoms with E-state index >= 15 is 0 Å². The summed E-state index contributed by atoms with van der Waals surface area (Å²) in [5, 5.41) is 8.28. The number of nitrogens with zero attached hydrogens (tertiary/aromatic N) is 1. The lowest BCUT2D eigenvalue weighted by Crippen LogP contribution is -2.04. The van der Waals surface area contributed by atoms with E-state index in [9.17, 15) is 17.6 Å². The molecule has 0 N–H and O–H groups in total. The average molecular weight is 223 g/mol. The Labute approximate surface area is 88.3 Å². The van der Waals surface area contributed by atoms with Gasteiger partial charge in [0, 0.05) is 0 Å². The van der Waals surface area contributed by atoms with Crippen molar-refractivity contribution in [2.45, 2.75) is 0 Å². The van der Waals surface area contributed by atoms with Crippen LogP contribution >= 0.6 is 0 Å². The molecule has 0 spiro atoms. The van der Waals surface area contributed by atoms with Crippen molar-refractivity contribution in [1.82, 2.24) is 0 Å². The van der Waals surface area contributed by atoms with Crippen molar-refractivity contribution in [3.05, 3.63) is 34.4 Å². The summed E-state index contributed by atoms with van der Waals surface area (Å²) in [6.07, 6.45) is 4.70. The highest BCUT2D eigenvalue weighted by atomic mass is 19.2. The highest BCUT2D eigenvalue weighted by Gasteiger charge is 2.24. The van der Waals surface area contributed by atoms with Gasteiger partial charge in [0.05, 0.1) is 0 Å². The number of rotatable bonds is 0. The molecule has 0 saturated carbocycles. The van der Waals surface area contributed by atoms with Crippen LogP contribution < -0.4 is 0 Å². The first-order valence-corrected chi connectivity index (χ1v) is 3.77. The summed E-state index contributed by atoms with van der Waals surface area (Å²) in [5.41, 5.74) is -2.46. The van der Waals surface area contributed by atoms with E-state index < -0.39 is 34.4 Å². The summed E-state index contributed by atoms with van der Waals surface area (Å²) < 4.78 is 52.2. The molecule has 0 aliphatic rings. The predicted octanol–water partition coefficient (Wildman–Crippen LogP) is 2.10. The number of terminal acetylenes is 1. The van der Waals surface area contributed by atoms with Crippen molar-refractivity contribution in [3.8, 4) is 30.3 Å². The van der Waals surface area contributed by atoms with E-state index in [1.54, 1.807) is 11.8 Å². The molecular formula is C11HF4N. The van der Waals surface area contributed by atoms with Crippen LogP contribution in [0.4, 0.5) is 17.6 Å². The SMILES string of the molecule is C#CC#Cc1c(F)c(F)c(C#N)c(F)c1F. The Hall–Kier alpha value is -2.45. The molecule has 0 radical (unpaired) electrons. The van der Waals surface area contributed by atoms with Crippen molar-refractivity contribution < 1.29 is 17.6 Å². The highest BCUT2D eigenvalue weighted by molar-refractivity contribution is 5.46. The molecule has 1 nitrogen and oxygen atoms in total. The molecule has 0 amide bonds. The van der Waals surface area contributed by atoms with E-state index in [2.05, 4.69) is 0 Å². The molecule has 0 unspecified atom stereocenters. The third-order valence-electron chi connectivity index (χ3n) is 1.63. The molecule has 0 heterocycles. The maximum absolute atomic E-state index is 13.1. The van der Waals surface area contributed by atoms with Crippen LogP contribution in [0.25, 0.3) is 0 Å². The molecule has 0 aliphatic heterocycles. The smallest absolute Gasteiger partial charge is 0.181 e. The molecule has 0 atom stereocenters. The average Bonchev–Trinajstić information content (AvgIpc) is 2.27. The number of benzene rings is 1. The Kier molecular flexibility index (Phi) is 3.18. The summed E-state index contributed by atoms with van der Waals surface area (Å²) in [6, 6.07) is 1.01. The van der Waals surface area contributed by atoms with Gasteiger partial charge in [0.25, 0.3) is 0 Å². The number of nitriles is 1. The largest absolute Gasteiger partial charge is 0.202 e. The van der Waals surface area contributed by atoms with Gasteiger partial charge >= 0.3 is 0 Å². The quantitative estimate of drug-likeness (QED) is 0.375. The van der Waals surface area contributed by atoms with Gasteiger partial charge in [-0.2, -0.15) is 5.26 Å². The molecule has 1 aromatic carbocycles. The van der Waals surface area contributed by atoms with Crippen LogP contribution in [-0.2, 0) is 0 Å². The summed E-state index contributed by atoms with van der Waals surface area (Å²) >= 11 is 0. The van der Waals surface area contributed by atoms with Gasteiger partial charge in [-0.25, -0.2) is 17.6 Å². The van der Waals surface area contributed by atoms with Crippen LogP contribution in [0.5, 0.6) is 0 Å². The lowest BCUT2D eigenvalue weighted by atomic mass is 10.1. The van der Waals surface area contributed by atoms with Gasteiger partial charge in [-0.15, -0.1) is 6.42 Å². The molecule has 1 rings (SSSR count). The van der Waals surface area contributed by atoms with Gasteiger partial charge in [0.1, 0.15) is 17.2 Å². The van der Waals surface area contributed by atoms with E-state index in [0.29, 0.717) is 0 Å². The molecule has 1 aromatic rings. The van der Waals surface area contributed by atoms with Gasteiger partial charge in [-0.3, -0.25) is 0 Å². The summed E-state index contributed by atoms with van der Waals surface area (Å²) in [5.74, 6) is -1.76. The zero-order valence-corrected chi connectivity index (χ0v) is 7.54. The minimum atomic E-state index is -1.79. The zero-order chi connectivity index (χ0) is 12.3. The first-order valence-electron chi connectivity index (χ1n) is 3.77. The van der Waals surface area contributed by atoms with Gasteiger partial charge < -0.3 is 0 Å². The zero-order valence-electron chi connectivity index (χ0n) is 7.54. The molecule has 0 aliphatic carbocycles. The lowest BCUT2D eigenvalue weighted by molar-refractivity contribution is 0.447. The third kappa shape index (κ3) is 1.69. The molecule has 16 heavy (non-hydrogen) atoms. The first-order chi connectivity index (χ1) is 7.54. The van der Waals surface area contributed by atoms with E-state index in [1.165, 1.54) is 0 Å². The second kappa shape index (κ2) is 4.38. The maximum Gasteiger partial charge on any atom is 0.181 e. The molecular weight excluding hydrogens is 222 g/mol. The number of halogens is 4. The molecule has 0 aromatic heterocycles. The Morgan fingerprint density at radius 2 is 1.31 bits per heavy atom. The van der Waals surface area contributed by atoms with E-state index in [1.807, 2.05) is 5.92 Å². The van der Waals surface area contributed by atoms with Gasteiger partial charge in [0.2, 0.25) is 0 Å². The molecule has 5 heteroatoms. The van der Waals surface area contributed by atoms with Crippen LogP contribution in [0, 0.1) is 58.8 Å². The fourth-order valence-corrected chi connectivity index (χ4v) is 0.938. The van der Waals surface area contributed by atoms with Crippen LogP contribution in [0.15, 0.2) is 0 Å². The Morgan fingerprint density at radius 1 is 0.875 bits per heavy atom. The standard InChI is InChI=1S/C11HF4N/c1-2-3-4-6-8(12)10(14)7(5-16)11(15)9(6)13/h1H. The maximum atomic E-state index is 13.1. The molecule has 0 saturated heterocycles. The van der Waals surface area contributed by atoms with Crippen molar-refractivity contribution in [2.75, 3.05) is 0 Å². The second-order valence-electron chi connectivity index (χ2n) is 2.51. The van der Waals surface area contributed by atoms with Crippen LogP contribution in [0.3, 0.4) is 0 Å². The van der Waals surface area contributed by atoms with Gasteiger partial charge in [-0.1, -0.05) is 0 Å². The van der Waals surface area contributed by atoms with Crippen molar-refractivity contribution in [3.63, 3.8) is 0 Å². The molecule has 0 fully saturated rings. The van der Waals surface area contributed by atoms with E-state index in [0.717, 1.165) is 6.07 Å². The lowest BCUT2D eigenvalue weighted by Gasteiger charge is -2.02. The van der Waals surface area contributed by atoms with Crippen LogP contribution in [0.1, 0.15) is 11.1 Å². The van der Waals surface area contributed by atoms with Crippen molar-refractivity contribution in [2.24, 2.45) is 0 Å². The molecule has 78 valence electrons. The van der Waals surface area contributed by atoms with Crippen molar-refractivity contribution >= 4 is 0 Å². The number of hydrogen-bond acceptors (Lipinski definition) is 1. The Morgan fingerprint density at radius 3 is 1.69 bits per heavy atom. The van der Waals surface area contributed by atoms with Crippen LogP contribution in [-0.4, -0.2) is 0 Å². The molecule has 0 bridgehead atoms. The normalized spacial score (nSPS) is 8.62. The Bertz CT molecular complexity index is 565. The summed E-state index contributed by atoms with van der Waals surface area (Å²) in [4.78, 5) is 0. The fraction of sp³-hybridized carbons (Fsp3) is 0. The van der Waals surface area contributed by atoms with E-state index in [4.69, 9.17) is 11.7 Å². The monoisotopic (exact) mass is 223 g/mol. The van der Waals surface area contributed by atoms with Crippen molar-refractivity contribution in [1.29, 1.82) is 5.26 Å². The minimum Gasteiger partial charge on any atom is -0.202 e. The number of hydrogen-bond donors (Lipinski definition) is 0. The Balaban J connectivity index is 3.70. The topological polar surface area (TPSA) is 23.8 Å². The fourth-order valence-electron chi connectivity index (χ4n) is 0.938. The summed E-state index contributed by atoms with van der Waals surface area (Å²) in [7, 11) is 0. The van der Waals surface area contributed by atoms with Gasteiger partial charge in [-0.05, 0) is 17.8 Å². The second-order valence-corrected chi connectivity index (χ2v) is 2.51. The van der Waals surface area contributed by atoms with Crippen LogP contribution in [0.2, 0.25) is 0 Å². The van der Waals surface area contributed by atoms with Gasteiger partial charge in [0.15, 0.2) is 23.3 Å². The minimum absolute atomic E-state index is 1.01. The third-order valence-corrected chi connectivity index (χ3v) is 1.63. The predicted molar refractivity (Wildman–Crippen MR) is 46.7 cm³/mol. The highest BCUT2D eigenvalue weighted by Crippen LogP contribution is 2.22. The first kappa shape index (κ1) is 11.6. The summed E-state index contributed by atoms with van der Waals surface area (Å²) in [6.45, 7) is 0.